The van der Waals surface area contributed by atoms with Gasteiger partial charge in [0.05, 0.1) is 19.4 Å². The van der Waals surface area contributed by atoms with Gasteiger partial charge in [0, 0.05) is 19.6 Å². The fraction of sp³-hybridized carbons (Fsp3) is 0.667. The van der Waals surface area contributed by atoms with E-state index in [1.807, 2.05) is 0 Å². The first kappa shape index (κ1) is 20.3. The second kappa shape index (κ2) is 8.28. The number of rotatable bonds is 6. The minimum Gasteiger partial charge on any atom is -0.469 e. The zero-order valence-electron chi connectivity index (χ0n) is 15.5. The van der Waals surface area contributed by atoms with Crippen molar-refractivity contribution in [1.82, 2.24) is 9.62 Å². The van der Waals surface area contributed by atoms with Crippen LogP contribution >= 0.6 is 11.3 Å². The molecule has 1 aliphatic heterocycles. The summed E-state index contributed by atoms with van der Waals surface area (Å²) in [7, 11) is -2.27. The Labute approximate surface area is 164 Å². The number of nitrogens with one attached hydrogen (secondary N) is 1. The van der Waals surface area contributed by atoms with Crippen LogP contribution in [0.2, 0.25) is 0 Å². The van der Waals surface area contributed by atoms with Crippen LogP contribution in [0.25, 0.3) is 0 Å². The molecule has 1 unspecified atom stereocenters. The summed E-state index contributed by atoms with van der Waals surface area (Å²) < 4.78 is 32.3. The molecule has 1 saturated carbocycles. The Morgan fingerprint density at radius 2 is 2.07 bits per heavy atom. The summed E-state index contributed by atoms with van der Waals surface area (Å²) >= 11 is 1.20. The van der Waals surface area contributed by atoms with E-state index < -0.39 is 10.0 Å². The summed E-state index contributed by atoms with van der Waals surface area (Å²) in [4.78, 5) is 24.1. The highest BCUT2D eigenvalue weighted by atomic mass is 32.2. The van der Waals surface area contributed by atoms with E-state index in [9.17, 15) is 18.0 Å². The summed E-state index contributed by atoms with van der Waals surface area (Å²) in [5.74, 6) is -0.925. The second-order valence-electron chi connectivity index (χ2n) is 7.32. The lowest BCUT2D eigenvalue weighted by Gasteiger charge is -2.37. The molecule has 1 atom stereocenters. The van der Waals surface area contributed by atoms with Crippen LogP contribution in [0.1, 0.15) is 38.5 Å². The number of sulfonamides is 1. The molecular weight excluding hydrogens is 388 g/mol. The van der Waals surface area contributed by atoms with Gasteiger partial charge < -0.3 is 10.1 Å². The summed E-state index contributed by atoms with van der Waals surface area (Å²) in [6.07, 6.45) is 4.98. The van der Waals surface area contributed by atoms with Gasteiger partial charge in [0.2, 0.25) is 5.91 Å². The number of amides is 1. The Hall–Kier alpha value is -1.45. The predicted octanol–water partition coefficient (Wildman–Crippen LogP) is 2.00. The molecule has 0 aromatic carbocycles. The Balaban J connectivity index is 1.76. The molecule has 1 N–H and O–H groups in total. The van der Waals surface area contributed by atoms with Crippen LogP contribution in [0.5, 0.6) is 0 Å². The quantitative estimate of drug-likeness (QED) is 0.719. The Bertz CT molecular complexity index is 770. The standard InChI is InChI=1S/C18H26N2O5S2/c1-25-15(21)7-10-19-17(22)14-12-20(13-18(14)8-3-2-4-9-18)27(23,24)16-6-5-11-26-16/h5-6,11,14H,2-4,7-10,12-13H2,1H3,(H,19,22). The van der Waals surface area contributed by atoms with Crippen LogP contribution in [-0.2, 0) is 24.3 Å². The van der Waals surface area contributed by atoms with Crippen LogP contribution in [0.4, 0.5) is 0 Å². The summed E-state index contributed by atoms with van der Waals surface area (Å²) in [5.41, 5.74) is -0.308. The number of hydrogen-bond donors (Lipinski definition) is 1. The first-order valence-electron chi connectivity index (χ1n) is 9.27. The molecule has 1 spiro atoms. The topological polar surface area (TPSA) is 92.8 Å². The van der Waals surface area contributed by atoms with E-state index in [4.69, 9.17) is 0 Å². The van der Waals surface area contributed by atoms with Crippen LogP contribution in [0.15, 0.2) is 21.7 Å². The first-order chi connectivity index (χ1) is 12.9. The minimum absolute atomic E-state index is 0.110. The number of ether oxygens (including phenoxy) is 1. The van der Waals surface area contributed by atoms with Gasteiger partial charge in [-0.05, 0) is 29.7 Å². The highest BCUT2D eigenvalue weighted by Gasteiger charge is 2.53. The van der Waals surface area contributed by atoms with E-state index >= 15 is 0 Å². The fourth-order valence-corrected chi connectivity index (χ4v) is 6.98. The number of thiophene rings is 1. The van der Waals surface area contributed by atoms with E-state index in [0.29, 0.717) is 10.8 Å². The second-order valence-corrected chi connectivity index (χ2v) is 10.4. The molecule has 9 heteroatoms. The van der Waals surface area contributed by atoms with Gasteiger partial charge in [-0.3, -0.25) is 9.59 Å². The van der Waals surface area contributed by atoms with Crippen LogP contribution in [-0.4, -0.2) is 51.3 Å². The molecule has 150 valence electrons. The largest absolute Gasteiger partial charge is 0.469 e. The third kappa shape index (κ3) is 4.20. The molecule has 2 aliphatic rings. The van der Waals surface area contributed by atoms with Gasteiger partial charge in [-0.2, -0.15) is 4.31 Å². The summed E-state index contributed by atoms with van der Waals surface area (Å²) in [6, 6.07) is 3.33. The molecule has 0 radical (unpaired) electrons. The van der Waals surface area contributed by atoms with E-state index in [1.54, 1.807) is 17.5 Å². The number of carbonyl (C=O) groups is 2. The molecule has 27 heavy (non-hydrogen) atoms. The van der Waals surface area contributed by atoms with E-state index in [-0.39, 0.29) is 42.7 Å². The lowest BCUT2D eigenvalue weighted by Crippen LogP contribution is -2.43. The maximum atomic E-state index is 13.0. The van der Waals surface area contributed by atoms with Crippen molar-refractivity contribution in [1.29, 1.82) is 0 Å². The van der Waals surface area contributed by atoms with Gasteiger partial charge in [0.15, 0.2) is 0 Å². The van der Waals surface area contributed by atoms with Gasteiger partial charge >= 0.3 is 5.97 Å². The molecule has 2 heterocycles. The SMILES string of the molecule is COC(=O)CCNC(=O)C1CN(S(=O)(=O)c2cccs2)CC12CCCCC2. The molecule has 1 aromatic rings. The molecular formula is C18H26N2O5S2. The Morgan fingerprint density at radius 1 is 1.33 bits per heavy atom. The van der Waals surface area contributed by atoms with Crippen molar-refractivity contribution in [2.24, 2.45) is 11.3 Å². The van der Waals surface area contributed by atoms with Gasteiger partial charge in [-0.1, -0.05) is 25.3 Å². The third-order valence-corrected chi connectivity index (χ3v) is 8.91. The van der Waals surface area contributed by atoms with Crippen LogP contribution < -0.4 is 5.32 Å². The van der Waals surface area contributed by atoms with Crippen molar-refractivity contribution in [3.63, 3.8) is 0 Å². The lowest BCUT2D eigenvalue weighted by molar-refractivity contribution is -0.140. The third-order valence-electron chi connectivity index (χ3n) is 5.73. The molecule has 2 fully saturated rings. The highest BCUT2D eigenvalue weighted by Crippen LogP contribution is 2.49. The number of hydrogen-bond acceptors (Lipinski definition) is 6. The number of methoxy groups -OCH3 is 1. The highest BCUT2D eigenvalue weighted by molar-refractivity contribution is 7.91. The summed E-state index contributed by atoms with van der Waals surface area (Å²) in [6.45, 7) is 0.794. The lowest BCUT2D eigenvalue weighted by atomic mass is 9.67. The zero-order chi connectivity index (χ0) is 19.5. The van der Waals surface area contributed by atoms with Gasteiger partial charge in [0.1, 0.15) is 4.21 Å². The predicted molar refractivity (Wildman–Crippen MR) is 102 cm³/mol. The molecule has 0 bridgehead atoms. The molecule has 1 amide bonds. The smallest absolute Gasteiger partial charge is 0.307 e. The van der Waals surface area contributed by atoms with Crippen molar-refractivity contribution in [2.75, 3.05) is 26.7 Å². The maximum absolute atomic E-state index is 13.0. The van der Waals surface area contributed by atoms with Crippen molar-refractivity contribution in [2.45, 2.75) is 42.7 Å². The summed E-state index contributed by atoms with van der Waals surface area (Å²) in [5, 5.41) is 4.56. The molecule has 1 aliphatic carbocycles. The number of esters is 1. The van der Waals surface area contributed by atoms with Gasteiger partial charge in [-0.25, -0.2) is 8.42 Å². The number of nitrogens with zero attached hydrogens (tertiary/aromatic N) is 1. The maximum Gasteiger partial charge on any atom is 0.307 e. The Kier molecular flexibility index (Phi) is 6.22. The van der Waals surface area contributed by atoms with Crippen molar-refractivity contribution in [3.8, 4) is 0 Å². The average Bonchev–Trinajstić information content (AvgIpc) is 3.31. The molecule has 1 saturated heterocycles. The molecule has 3 rings (SSSR count). The van der Waals surface area contributed by atoms with E-state index in [0.717, 1.165) is 32.1 Å². The van der Waals surface area contributed by atoms with Gasteiger partial charge in [-0.15, -0.1) is 11.3 Å². The van der Waals surface area contributed by atoms with E-state index in [2.05, 4.69) is 10.1 Å². The molecule has 1 aromatic heterocycles. The van der Waals surface area contributed by atoms with Crippen molar-refractivity contribution < 1.29 is 22.7 Å². The monoisotopic (exact) mass is 414 g/mol. The normalized spacial score (nSPS) is 22.6. The zero-order valence-corrected chi connectivity index (χ0v) is 17.1. The van der Waals surface area contributed by atoms with Gasteiger partial charge in [0.25, 0.3) is 10.0 Å². The first-order valence-corrected chi connectivity index (χ1v) is 11.6. The van der Waals surface area contributed by atoms with Crippen LogP contribution in [0.3, 0.4) is 0 Å². The number of carbonyl (C=O) groups excluding carboxylic acids is 2. The van der Waals surface area contributed by atoms with E-state index in [1.165, 1.54) is 22.8 Å². The molecule has 7 nitrogen and oxygen atoms in total. The van der Waals surface area contributed by atoms with Crippen molar-refractivity contribution >= 4 is 33.2 Å². The van der Waals surface area contributed by atoms with Crippen LogP contribution in [0, 0.1) is 11.3 Å². The average molecular weight is 415 g/mol. The van der Waals surface area contributed by atoms with Crippen molar-refractivity contribution in [3.05, 3.63) is 17.5 Å². The minimum atomic E-state index is -3.58. The fourth-order valence-electron chi connectivity index (χ4n) is 4.28. The Morgan fingerprint density at radius 3 is 2.70 bits per heavy atom.